The molecule has 0 spiro atoms. The average molecular weight is 566 g/mol. The van der Waals surface area contributed by atoms with E-state index >= 15 is 0 Å². The molecule has 1 saturated heterocycles. The Hall–Kier alpha value is -3.99. The minimum absolute atomic E-state index is 0.0353. The lowest BCUT2D eigenvalue weighted by Gasteiger charge is -2.35. The van der Waals surface area contributed by atoms with Gasteiger partial charge in [0.05, 0.1) is 12.9 Å². The fourth-order valence-electron chi connectivity index (χ4n) is 4.44. The molecule has 1 fully saturated rings. The molecule has 0 saturated carbocycles. The van der Waals surface area contributed by atoms with Crippen molar-refractivity contribution in [3.05, 3.63) is 71.4 Å². The molecule has 3 aromatic rings. The Labute approximate surface area is 235 Å². The van der Waals surface area contributed by atoms with E-state index in [-0.39, 0.29) is 17.0 Å². The molecule has 212 valence electrons. The third-order valence-electron chi connectivity index (χ3n) is 6.58. The van der Waals surface area contributed by atoms with Crippen molar-refractivity contribution in [1.29, 1.82) is 0 Å². The molecule has 11 heteroatoms. The van der Waals surface area contributed by atoms with E-state index in [9.17, 15) is 18.0 Å². The van der Waals surface area contributed by atoms with Crippen LogP contribution in [0.4, 0.5) is 5.82 Å². The maximum Gasteiger partial charge on any atom is 0.285 e. The third-order valence-corrected chi connectivity index (χ3v) is 7.13. The molecule has 1 aromatic heterocycles. The van der Waals surface area contributed by atoms with Crippen molar-refractivity contribution in [2.75, 3.05) is 43.9 Å². The molecular weight excluding hydrogens is 530 g/mol. The van der Waals surface area contributed by atoms with Crippen molar-refractivity contribution in [2.24, 2.45) is 0 Å². The summed E-state index contributed by atoms with van der Waals surface area (Å²) in [6, 6.07) is 17.0. The second-order valence-electron chi connectivity index (χ2n) is 10.8. The van der Waals surface area contributed by atoms with Crippen molar-refractivity contribution < 1.29 is 22.7 Å². The molecule has 4 rings (SSSR count). The van der Waals surface area contributed by atoms with Crippen LogP contribution in [0.2, 0.25) is 0 Å². The summed E-state index contributed by atoms with van der Waals surface area (Å²) in [7, 11) is -3.69. The number of amides is 2. The van der Waals surface area contributed by atoms with Gasteiger partial charge in [-0.3, -0.25) is 9.59 Å². The maximum atomic E-state index is 13.7. The van der Waals surface area contributed by atoms with Crippen molar-refractivity contribution in [2.45, 2.75) is 33.1 Å². The summed E-state index contributed by atoms with van der Waals surface area (Å²) in [5.41, 5.74) is 3.42. The Bertz CT molecular complexity index is 1490. The predicted octanol–water partition coefficient (Wildman–Crippen LogP) is 3.49. The fourth-order valence-corrected chi connectivity index (χ4v) is 4.88. The Balaban J connectivity index is 1.49. The van der Waals surface area contributed by atoms with E-state index in [1.165, 1.54) is 6.07 Å². The zero-order valence-electron chi connectivity index (χ0n) is 23.5. The first-order valence-corrected chi connectivity index (χ1v) is 15.0. The van der Waals surface area contributed by atoms with Gasteiger partial charge in [-0.2, -0.15) is 0 Å². The average Bonchev–Trinajstić information content (AvgIpc) is 2.91. The van der Waals surface area contributed by atoms with Gasteiger partial charge >= 0.3 is 0 Å². The van der Waals surface area contributed by atoms with Gasteiger partial charge in [0.25, 0.3) is 11.8 Å². The second-order valence-corrected chi connectivity index (χ2v) is 12.5. The van der Waals surface area contributed by atoms with E-state index in [1.54, 1.807) is 6.07 Å². The lowest BCUT2D eigenvalue weighted by atomic mass is 9.84. The largest absolute Gasteiger partial charge is 0.494 e. The summed E-state index contributed by atoms with van der Waals surface area (Å²) < 4.78 is 30.1. The molecule has 2 amide bonds. The highest BCUT2D eigenvalue weighted by molar-refractivity contribution is 7.89. The summed E-state index contributed by atoms with van der Waals surface area (Å²) in [5, 5.41) is 7.96. The third kappa shape index (κ3) is 7.15. The van der Waals surface area contributed by atoms with Crippen LogP contribution in [0.3, 0.4) is 0 Å². The molecular formula is C29H35N5O5S. The highest BCUT2D eigenvalue weighted by Crippen LogP contribution is 2.31. The highest BCUT2D eigenvalue weighted by atomic mass is 32.2. The van der Waals surface area contributed by atoms with E-state index in [4.69, 9.17) is 4.74 Å². The van der Waals surface area contributed by atoms with Gasteiger partial charge in [-0.25, -0.2) is 13.1 Å². The Kier molecular flexibility index (Phi) is 8.43. The summed E-state index contributed by atoms with van der Waals surface area (Å²) in [6.45, 7) is 11.0. The standard InChI is InChI=1S/C29H35N5O5S/c1-6-39-24-9-7-8-20(19-24)21-16-22(18-23(17-21)29(2,3)4)28(36)34-14-12-33(13-15-34)26-11-10-25(30-31-26)27(35)32-40(5,37)38/h7-11,16-19H,6,12-15H2,1-5H3,(H,32,35). The smallest absolute Gasteiger partial charge is 0.285 e. The number of sulfonamides is 1. The first kappa shape index (κ1) is 29.0. The molecule has 1 aliphatic heterocycles. The van der Waals surface area contributed by atoms with Gasteiger partial charge in [-0.15, -0.1) is 10.2 Å². The number of hydrogen-bond donors (Lipinski definition) is 1. The molecule has 0 aliphatic carbocycles. The molecule has 0 atom stereocenters. The predicted molar refractivity (Wildman–Crippen MR) is 154 cm³/mol. The SMILES string of the molecule is CCOc1cccc(-c2cc(C(=O)N3CCN(c4ccc(C(=O)NS(C)(=O)=O)nn4)CC3)cc(C(C)(C)C)c2)c1. The van der Waals surface area contributed by atoms with Crippen LogP contribution in [-0.2, 0) is 15.4 Å². The van der Waals surface area contributed by atoms with E-state index in [2.05, 4.69) is 37.0 Å². The molecule has 2 aromatic carbocycles. The van der Waals surface area contributed by atoms with Crippen LogP contribution in [0.5, 0.6) is 5.75 Å². The van der Waals surface area contributed by atoms with Crippen molar-refractivity contribution in [1.82, 2.24) is 19.8 Å². The van der Waals surface area contributed by atoms with Gasteiger partial charge in [0.2, 0.25) is 10.0 Å². The number of anilines is 1. The van der Waals surface area contributed by atoms with Gasteiger partial charge in [-0.05, 0) is 65.4 Å². The molecule has 40 heavy (non-hydrogen) atoms. The van der Waals surface area contributed by atoms with Crippen LogP contribution in [0.1, 0.15) is 54.1 Å². The van der Waals surface area contributed by atoms with E-state index < -0.39 is 15.9 Å². The van der Waals surface area contributed by atoms with Gasteiger partial charge < -0.3 is 14.5 Å². The number of carbonyl (C=O) groups excluding carboxylic acids is 2. The number of nitrogens with zero attached hydrogens (tertiary/aromatic N) is 4. The molecule has 1 N–H and O–H groups in total. The van der Waals surface area contributed by atoms with Gasteiger partial charge in [0, 0.05) is 31.7 Å². The van der Waals surface area contributed by atoms with Crippen molar-refractivity contribution >= 4 is 27.7 Å². The first-order valence-electron chi connectivity index (χ1n) is 13.1. The Morgan fingerprint density at radius 1 is 0.950 bits per heavy atom. The van der Waals surface area contributed by atoms with Crippen molar-refractivity contribution in [3.8, 4) is 16.9 Å². The van der Waals surface area contributed by atoms with E-state index in [0.29, 0.717) is 44.2 Å². The fraction of sp³-hybridized carbons (Fsp3) is 0.379. The molecule has 0 bridgehead atoms. The first-order chi connectivity index (χ1) is 18.8. The number of ether oxygens (including phenoxy) is 1. The number of nitrogens with one attached hydrogen (secondary N) is 1. The minimum atomic E-state index is -3.69. The Morgan fingerprint density at radius 2 is 1.68 bits per heavy atom. The molecule has 0 unspecified atom stereocenters. The highest BCUT2D eigenvalue weighted by Gasteiger charge is 2.26. The second kappa shape index (κ2) is 11.6. The van der Waals surface area contributed by atoms with Crippen LogP contribution >= 0.6 is 0 Å². The van der Waals surface area contributed by atoms with Crippen molar-refractivity contribution in [3.63, 3.8) is 0 Å². The zero-order chi connectivity index (χ0) is 29.1. The van der Waals surface area contributed by atoms with E-state index in [1.807, 2.05) is 57.8 Å². The molecule has 1 aliphatic rings. The quantitative estimate of drug-likeness (QED) is 0.462. The molecule has 2 heterocycles. The summed E-state index contributed by atoms with van der Waals surface area (Å²) >= 11 is 0. The number of hydrogen-bond acceptors (Lipinski definition) is 8. The van der Waals surface area contributed by atoms with Crippen LogP contribution < -0.4 is 14.4 Å². The lowest BCUT2D eigenvalue weighted by molar-refractivity contribution is 0.0746. The topological polar surface area (TPSA) is 122 Å². The summed E-state index contributed by atoms with van der Waals surface area (Å²) in [4.78, 5) is 29.5. The van der Waals surface area contributed by atoms with Crippen LogP contribution in [-0.4, -0.2) is 74.4 Å². The normalized spacial score (nSPS) is 14.1. The van der Waals surface area contributed by atoms with Crippen LogP contribution in [0, 0.1) is 0 Å². The zero-order valence-corrected chi connectivity index (χ0v) is 24.3. The van der Waals surface area contributed by atoms with Gasteiger partial charge in [0.1, 0.15) is 5.75 Å². The number of piperazine rings is 1. The van der Waals surface area contributed by atoms with Crippen LogP contribution in [0.15, 0.2) is 54.6 Å². The lowest BCUT2D eigenvalue weighted by Crippen LogP contribution is -2.49. The molecule has 10 nitrogen and oxygen atoms in total. The summed E-state index contributed by atoms with van der Waals surface area (Å²) in [5.74, 6) is 0.469. The minimum Gasteiger partial charge on any atom is -0.494 e. The van der Waals surface area contributed by atoms with Crippen LogP contribution in [0.25, 0.3) is 11.1 Å². The number of benzene rings is 2. The Morgan fingerprint density at radius 3 is 2.27 bits per heavy atom. The number of rotatable bonds is 7. The number of aromatic nitrogens is 2. The van der Waals surface area contributed by atoms with Gasteiger partial charge in [0.15, 0.2) is 11.5 Å². The van der Waals surface area contributed by atoms with Gasteiger partial charge in [-0.1, -0.05) is 39.0 Å². The maximum absolute atomic E-state index is 13.7. The van der Waals surface area contributed by atoms with E-state index in [0.717, 1.165) is 28.7 Å². The monoisotopic (exact) mass is 565 g/mol. The summed E-state index contributed by atoms with van der Waals surface area (Å²) in [6.07, 6.45) is 0.896. The number of carbonyl (C=O) groups is 2. The molecule has 0 radical (unpaired) electrons.